The van der Waals surface area contributed by atoms with Crippen LogP contribution in [0.1, 0.15) is 0 Å². The lowest BCUT2D eigenvalue weighted by Gasteiger charge is -1.88. The van der Waals surface area contributed by atoms with E-state index in [1.807, 2.05) is 0 Å². The Morgan fingerprint density at radius 1 is 1.58 bits per heavy atom. The molecule has 0 aliphatic heterocycles. The Balaban J connectivity index is 2.82. The van der Waals surface area contributed by atoms with Crippen LogP contribution in [0.25, 0.3) is 11.1 Å². The van der Waals surface area contributed by atoms with E-state index in [1.54, 1.807) is 12.1 Å². The highest BCUT2D eigenvalue weighted by atomic mass is 16.6. The average molecular weight is 163 g/mol. The summed E-state index contributed by atoms with van der Waals surface area (Å²) >= 11 is 0. The molecule has 0 aliphatic carbocycles. The molecule has 0 saturated heterocycles. The Bertz CT molecular complexity index is 435. The van der Waals surface area contributed by atoms with Crippen molar-refractivity contribution in [1.82, 2.24) is 4.98 Å². The van der Waals surface area contributed by atoms with Crippen LogP contribution in [0, 0.1) is 16.5 Å². The number of hydrogen-bond donors (Lipinski definition) is 0. The largest absolute Gasteiger partial charge is 0.432 e. The van der Waals surface area contributed by atoms with Crippen molar-refractivity contribution in [3.63, 3.8) is 0 Å². The van der Waals surface area contributed by atoms with Crippen LogP contribution in [0.5, 0.6) is 0 Å². The lowest BCUT2D eigenvalue weighted by atomic mass is 10.3. The Kier molecular flexibility index (Phi) is 1.30. The van der Waals surface area contributed by atoms with E-state index in [4.69, 9.17) is 4.42 Å². The van der Waals surface area contributed by atoms with E-state index in [-0.39, 0.29) is 11.2 Å². The third kappa shape index (κ3) is 0.833. The predicted octanol–water partition coefficient (Wildman–Crippen LogP) is 1.54. The number of benzene rings is 1. The number of hydrogen-bond acceptors (Lipinski definition) is 4. The Labute approximate surface area is 66.8 Å². The second-order valence-electron chi connectivity index (χ2n) is 2.19. The van der Waals surface area contributed by atoms with Gasteiger partial charge >= 0.3 is 0 Å². The van der Waals surface area contributed by atoms with E-state index in [1.165, 1.54) is 6.07 Å². The van der Waals surface area contributed by atoms with Gasteiger partial charge in [-0.05, 0) is 6.07 Å². The Morgan fingerprint density at radius 3 is 3.17 bits per heavy atom. The minimum absolute atomic E-state index is 0.0579. The third-order valence-corrected chi connectivity index (χ3v) is 1.49. The molecule has 2 aromatic rings. The standard InChI is InChI=1S/C7H3N2O3/c10-9(11)5-2-1-3-6-7(5)8-4-12-6/h1-3H. The van der Waals surface area contributed by atoms with Crippen molar-refractivity contribution in [3.05, 3.63) is 34.7 Å². The molecule has 59 valence electrons. The number of oxazole rings is 1. The average Bonchev–Trinajstić information content (AvgIpc) is 2.49. The topological polar surface area (TPSA) is 69.2 Å². The fourth-order valence-electron chi connectivity index (χ4n) is 0.970. The zero-order valence-corrected chi connectivity index (χ0v) is 5.85. The minimum atomic E-state index is -0.501. The normalized spacial score (nSPS) is 10.3. The minimum Gasteiger partial charge on any atom is -0.432 e. The van der Waals surface area contributed by atoms with Crippen molar-refractivity contribution in [2.24, 2.45) is 0 Å². The first-order valence-electron chi connectivity index (χ1n) is 3.19. The number of fused-ring (bicyclic) bond motifs is 1. The maximum Gasteiger partial charge on any atom is 0.298 e. The number of para-hydroxylation sites is 1. The monoisotopic (exact) mass is 163 g/mol. The van der Waals surface area contributed by atoms with Crippen LogP contribution >= 0.6 is 0 Å². The zero-order chi connectivity index (χ0) is 8.55. The maximum atomic E-state index is 10.4. The second-order valence-corrected chi connectivity index (χ2v) is 2.19. The first-order chi connectivity index (χ1) is 5.79. The molecule has 12 heavy (non-hydrogen) atoms. The molecule has 5 nitrogen and oxygen atoms in total. The van der Waals surface area contributed by atoms with Crippen molar-refractivity contribution in [2.75, 3.05) is 0 Å². The Morgan fingerprint density at radius 2 is 2.42 bits per heavy atom. The Hall–Kier alpha value is -1.91. The van der Waals surface area contributed by atoms with E-state index in [0.717, 1.165) is 0 Å². The van der Waals surface area contributed by atoms with Crippen molar-refractivity contribution < 1.29 is 9.34 Å². The van der Waals surface area contributed by atoms with Crippen LogP contribution in [0.3, 0.4) is 0 Å². The fraction of sp³-hybridized carbons (Fsp3) is 0. The van der Waals surface area contributed by atoms with Crippen molar-refractivity contribution in [3.8, 4) is 0 Å². The maximum absolute atomic E-state index is 10.4. The lowest BCUT2D eigenvalue weighted by molar-refractivity contribution is -0.383. The molecule has 0 saturated carbocycles. The molecular formula is C7H3N2O3. The van der Waals surface area contributed by atoms with Gasteiger partial charge in [0.05, 0.1) is 4.92 Å². The van der Waals surface area contributed by atoms with Gasteiger partial charge in [0.15, 0.2) is 11.1 Å². The van der Waals surface area contributed by atoms with Gasteiger partial charge in [0.1, 0.15) is 0 Å². The molecule has 1 aromatic carbocycles. The molecule has 0 spiro atoms. The molecular weight excluding hydrogens is 160 g/mol. The number of nitrogens with zero attached hydrogens (tertiary/aromatic N) is 2. The summed E-state index contributed by atoms with van der Waals surface area (Å²) in [7, 11) is 0. The van der Waals surface area contributed by atoms with Gasteiger partial charge in [-0.2, -0.15) is 4.98 Å². The molecule has 2 rings (SSSR count). The summed E-state index contributed by atoms with van der Waals surface area (Å²) < 4.78 is 4.77. The number of nitro groups is 1. The quantitative estimate of drug-likeness (QED) is 0.472. The van der Waals surface area contributed by atoms with Crippen LogP contribution in [-0.4, -0.2) is 9.91 Å². The summed E-state index contributed by atoms with van der Waals surface area (Å²) in [6.45, 7) is 0. The third-order valence-electron chi connectivity index (χ3n) is 1.49. The van der Waals surface area contributed by atoms with Gasteiger partial charge in [0, 0.05) is 6.07 Å². The molecule has 0 aliphatic rings. The van der Waals surface area contributed by atoms with E-state index in [2.05, 4.69) is 11.4 Å². The second kappa shape index (κ2) is 2.30. The van der Waals surface area contributed by atoms with Gasteiger partial charge in [-0.1, -0.05) is 6.07 Å². The summed E-state index contributed by atoms with van der Waals surface area (Å²) in [5.74, 6) is 0. The predicted molar refractivity (Wildman–Crippen MR) is 39.5 cm³/mol. The zero-order valence-electron chi connectivity index (χ0n) is 5.85. The summed E-state index contributed by atoms with van der Waals surface area (Å²) in [5, 5.41) is 10.4. The van der Waals surface area contributed by atoms with Crippen molar-refractivity contribution >= 4 is 16.8 Å². The van der Waals surface area contributed by atoms with Crippen LogP contribution in [-0.2, 0) is 0 Å². The highest BCUT2D eigenvalue weighted by Gasteiger charge is 2.13. The van der Waals surface area contributed by atoms with E-state index in [9.17, 15) is 10.1 Å². The van der Waals surface area contributed by atoms with Crippen LogP contribution in [0.2, 0.25) is 0 Å². The van der Waals surface area contributed by atoms with Gasteiger partial charge in [-0.15, -0.1) is 0 Å². The van der Waals surface area contributed by atoms with Gasteiger partial charge in [-0.3, -0.25) is 10.1 Å². The van der Waals surface area contributed by atoms with Crippen LogP contribution < -0.4 is 0 Å². The smallest absolute Gasteiger partial charge is 0.298 e. The van der Waals surface area contributed by atoms with Crippen molar-refractivity contribution in [1.29, 1.82) is 0 Å². The first kappa shape index (κ1) is 6.78. The molecule has 0 N–H and O–H groups in total. The van der Waals surface area contributed by atoms with Crippen LogP contribution in [0.15, 0.2) is 22.6 Å². The molecule has 1 heterocycles. The number of non-ortho nitro benzene ring substituents is 1. The van der Waals surface area contributed by atoms with Gasteiger partial charge in [0.2, 0.25) is 0 Å². The molecule has 5 heteroatoms. The van der Waals surface area contributed by atoms with Crippen LogP contribution in [0.4, 0.5) is 5.69 Å². The van der Waals surface area contributed by atoms with Gasteiger partial charge in [0.25, 0.3) is 12.1 Å². The highest BCUT2D eigenvalue weighted by Crippen LogP contribution is 2.22. The highest BCUT2D eigenvalue weighted by molar-refractivity contribution is 5.81. The molecule has 0 amide bonds. The molecule has 0 bridgehead atoms. The SMILES string of the molecule is O=[N+]([O-])c1cccc2o[c]nc12. The number of rotatable bonds is 1. The molecule has 0 unspecified atom stereocenters. The van der Waals surface area contributed by atoms with E-state index >= 15 is 0 Å². The number of nitro benzene ring substituents is 1. The van der Waals surface area contributed by atoms with Gasteiger partial charge < -0.3 is 4.42 Å². The number of aromatic nitrogens is 1. The summed E-state index contributed by atoms with van der Waals surface area (Å²) in [6, 6.07) is 4.52. The first-order valence-corrected chi connectivity index (χ1v) is 3.19. The summed E-state index contributed by atoms with van der Waals surface area (Å²) in [6.07, 6.45) is 2.20. The lowest BCUT2D eigenvalue weighted by Crippen LogP contribution is -1.88. The molecule has 0 atom stereocenters. The molecule has 0 fully saturated rings. The fourth-order valence-corrected chi connectivity index (χ4v) is 0.970. The molecule has 1 radical (unpaired) electrons. The summed E-state index contributed by atoms with van der Waals surface area (Å²) in [4.78, 5) is 13.5. The van der Waals surface area contributed by atoms with E-state index in [0.29, 0.717) is 5.58 Å². The van der Waals surface area contributed by atoms with E-state index < -0.39 is 4.92 Å². The van der Waals surface area contributed by atoms with Crippen molar-refractivity contribution in [2.45, 2.75) is 0 Å². The van der Waals surface area contributed by atoms with Gasteiger partial charge in [-0.25, -0.2) is 0 Å². The summed E-state index contributed by atoms with van der Waals surface area (Å²) in [5.41, 5.74) is 0.559. The molecule has 1 aromatic heterocycles.